The van der Waals surface area contributed by atoms with Crippen molar-refractivity contribution in [3.63, 3.8) is 0 Å². The topological polar surface area (TPSA) is 15.7 Å². The fourth-order valence-corrected chi connectivity index (χ4v) is 2.98. The van der Waals surface area contributed by atoms with Crippen LogP contribution in [0.1, 0.15) is 12.8 Å². The Kier molecular flexibility index (Phi) is 4.75. The Balaban J connectivity index is 1.64. The van der Waals surface area contributed by atoms with Crippen molar-refractivity contribution >= 4 is 11.8 Å². The fraction of sp³-hybridized carbons (Fsp3) is 1.00. The van der Waals surface area contributed by atoms with Crippen LogP contribution < -0.4 is 0 Å². The molecule has 15 heavy (non-hydrogen) atoms. The minimum Gasteiger partial charge on any atom is -0.377 e. The van der Waals surface area contributed by atoms with Crippen LogP contribution in [0.4, 0.5) is 0 Å². The molecule has 2 aliphatic rings. The maximum atomic E-state index is 5.67. The van der Waals surface area contributed by atoms with Gasteiger partial charge in [0.1, 0.15) is 0 Å². The number of hydrogen-bond acceptors (Lipinski definition) is 4. The largest absolute Gasteiger partial charge is 0.377 e. The van der Waals surface area contributed by atoms with E-state index in [2.05, 4.69) is 16.1 Å². The van der Waals surface area contributed by atoms with Gasteiger partial charge in [-0.3, -0.25) is 9.80 Å². The van der Waals surface area contributed by atoms with Gasteiger partial charge < -0.3 is 4.74 Å². The van der Waals surface area contributed by atoms with Crippen LogP contribution in [0.3, 0.4) is 0 Å². The summed E-state index contributed by atoms with van der Waals surface area (Å²) in [6.45, 7) is 7.05. The van der Waals surface area contributed by atoms with Crippen molar-refractivity contribution in [2.75, 3.05) is 51.5 Å². The summed E-state index contributed by atoms with van der Waals surface area (Å²) in [6.07, 6.45) is 5.23. The van der Waals surface area contributed by atoms with Gasteiger partial charge in [-0.05, 0) is 19.1 Å². The predicted octanol–water partition coefficient (Wildman–Crippen LogP) is 1.10. The molecule has 1 unspecified atom stereocenters. The SMILES string of the molecule is CSCN1CCN(CC2CCCO2)CC1. The highest BCUT2D eigenvalue weighted by Gasteiger charge is 2.22. The van der Waals surface area contributed by atoms with Crippen molar-refractivity contribution in [2.45, 2.75) is 18.9 Å². The summed E-state index contributed by atoms with van der Waals surface area (Å²) >= 11 is 1.93. The molecular formula is C11H22N2OS. The van der Waals surface area contributed by atoms with Crippen molar-refractivity contribution < 1.29 is 4.74 Å². The zero-order chi connectivity index (χ0) is 10.5. The molecule has 0 radical (unpaired) electrons. The molecule has 0 aromatic rings. The second kappa shape index (κ2) is 6.09. The van der Waals surface area contributed by atoms with Crippen LogP contribution in [0, 0.1) is 0 Å². The van der Waals surface area contributed by atoms with Crippen molar-refractivity contribution in [1.29, 1.82) is 0 Å². The van der Waals surface area contributed by atoms with Gasteiger partial charge in [0, 0.05) is 45.2 Å². The van der Waals surface area contributed by atoms with Gasteiger partial charge in [0.25, 0.3) is 0 Å². The molecule has 0 bridgehead atoms. The van der Waals surface area contributed by atoms with E-state index in [1.54, 1.807) is 0 Å². The van der Waals surface area contributed by atoms with E-state index in [9.17, 15) is 0 Å². The fourth-order valence-electron chi connectivity index (χ4n) is 2.36. The van der Waals surface area contributed by atoms with E-state index in [1.807, 2.05) is 11.8 Å². The summed E-state index contributed by atoms with van der Waals surface area (Å²) in [6, 6.07) is 0. The molecule has 0 saturated carbocycles. The smallest absolute Gasteiger partial charge is 0.0702 e. The van der Waals surface area contributed by atoms with Gasteiger partial charge in [-0.15, -0.1) is 11.8 Å². The molecule has 2 fully saturated rings. The summed E-state index contributed by atoms with van der Waals surface area (Å²) < 4.78 is 5.67. The third-order valence-corrected chi connectivity index (χ3v) is 3.89. The Hall–Kier alpha value is 0.230. The van der Waals surface area contributed by atoms with Crippen LogP contribution in [0.25, 0.3) is 0 Å². The molecule has 0 amide bonds. The number of rotatable bonds is 4. The maximum Gasteiger partial charge on any atom is 0.0702 e. The van der Waals surface area contributed by atoms with Gasteiger partial charge in [0.05, 0.1) is 6.10 Å². The molecule has 0 aliphatic carbocycles. The number of thioether (sulfide) groups is 1. The van der Waals surface area contributed by atoms with Gasteiger partial charge in [0.15, 0.2) is 0 Å². The van der Waals surface area contributed by atoms with E-state index in [1.165, 1.54) is 44.9 Å². The first-order chi connectivity index (χ1) is 7.38. The Bertz CT molecular complexity index is 177. The molecule has 0 aromatic heterocycles. The number of piperazine rings is 1. The van der Waals surface area contributed by atoms with Crippen LogP contribution in [-0.2, 0) is 4.74 Å². The summed E-state index contributed by atoms with van der Waals surface area (Å²) in [4.78, 5) is 5.10. The minimum atomic E-state index is 0.525. The van der Waals surface area contributed by atoms with E-state index >= 15 is 0 Å². The highest BCUT2D eigenvalue weighted by Crippen LogP contribution is 2.14. The lowest BCUT2D eigenvalue weighted by Gasteiger charge is -2.35. The normalized spacial score (nSPS) is 29.8. The summed E-state index contributed by atoms with van der Waals surface area (Å²) in [5, 5.41) is 0. The molecule has 2 aliphatic heterocycles. The van der Waals surface area contributed by atoms with Crippen LogP contribution in [0.5, 0.6) is 0 Å². The molecule has 0 N–H and O–H groups in total. The maximum absolute atomic E-state index is 5.67. The molecule has 0 aromatic carbocycles. The van der Waals surface area contributed by atoms with E-state index in [-0.39, 0.29) is 0 Å². The van der Waals surface area contributed by atoms with Crippen molar-refractivity contribution in [3.05, 3.63) is 0 Å². The van der Waals surface area contributed by atoms with Crippen LogP contribution in [0.15, 0.2) is 0 Å². The number of hydrogen-bond donors (Lipinski definition) is 0. The zero-order valence-electron chi connectivity index (χ0n) is 9.65. The molecule has 2 saturated heterocycles. The first kappa shape index (κ1) is 11.7. The van der Waals surface area contributed by atoms with Crippen molar-refractivity contribution in [2.24, 2.45) is 0 Å². The second-order valence-electron chi connectivity index (χ2n) is 4.47. The first-order valence-electron chi connectivity index (χ1n) is 5.94. The average Bonchev–Trinajstić information content (AvgIpc) is 2.74. The minimum absolute atomic E-state index is 0.525. The molecular weight excluding hydrogens is 208 g/mol. The Labute approximate surface area is 97.1 Å². The molecule has 3 nitrogen and oxygen atoms in total. The molecule has 88 valence electrons. The average molecular weight is 230 g/mol. The Morgan fingerprint density at radius 2 is 1.93 bits per heavy atom. The van der Waals surface area contributed by atoms with Gasteiger partial charge >= 0.3 is 0 Å². The van der Waals surface area contributed by atoms with Crippen LogP contribution in [0.2, 0.25) is 0 Å². The Morgan fingerprint density at radius 1 is 1.20 bits per heavy atom. The number of nitrogens with zero attached hydrogens (tertiary/aromatic N) is 2. The highest BCUT2D eigenvalue weighted by molar-refractivity contribution is 7.98. The van der Waals surface area contributed by atoms with Crippen molar-refractivity contribution in [3.8, 4) is 0 Å². The lowest BCUT2D eigenvalue weighted by Crippen LogP contribution is -2.48. The molecule has 2 rings (SSSR count). The van der Waals surface area contributed by atoms with Gasteiger partial charge in [-0.2, -0.15) is 0 Å². The monoisotopic (exact) mass is 230 g/mol. The zero-order valence-corrected chi connectivity index (χ0v) is 10.5. The van der Waals surface area contributed by atoms with Gasteiger partial charge in [-0.1, -0.05) is 0 Å². The summed E-state index contributed by atoms with van der Waals surface area (Å²) in [7, 11) is 0. The lowest BCUT2D eigenvalue weighted by molar-refractivity contribution is 0.0541. The van der Waals surface area contributed by atoms with Gasteiger partial charge in [0.2, 0.25) is 0 Å². The van der Waals surface area contributed by atoms with Crippen LogP contribution in [-0.4, -0.2) is 67.4 Å². The van der Waals surface area contributed by atoms with Crippen molar-refractivity contribution in [1.82, 2.24) is 9.80 Å². The van der Waals surface area contributed by atoms with E-state index in [4.69, 9.17) is 4.74 Å². The lowest BCUT2D eigenvalue weighted by atomic mass is 10.2. The first-order valence-corrected chi connectivity index (χ1v) is 7.33. The molecule has 0 spiro atoms. The standard InChI is InChI=1S/C11H22N2OS/c1-15-10-13-6-4-12(5-7-13)9-11-3-2-8-14-11/h11H,2-10H2,1H3. The molecule has 1 atom stereocenters. The Morgan fingerprint density at radius 3 is 2.53 bits per heavy atom. The summed E-state index contributed by atoms with van der Waals surface area (Å²) in [5.74, 6) is 1.19. The highest BCUT2D eigenvalue weighted by atomic mass is 32.2. The van der Waals surface area contributed by atoms with Crippen LogP contribution >= 0.6 is 11.8 Å². The number of ether oxygens (including phenoxy) is 1. The van der Waals surface area contributed by atoms with E-state index < -0.39 is 0 Å². The molecule has 4 heteroatoms. The van der Waals surface area contributed by atoms with Gasteiger partial charge in [-0.25, -0.2) is 0 Å². The quantitative estimate of drug-likeness (QED) is 0.718. The second-order valence-corrected chi connectivity index (χ2v) is 5.31. The molecule has 2 heterocycles. The summed E-state index contributed by atoms with van der Waals surface area (Å²) in [5.41, 5.74) is 0. The third kappa shape index (κ3) is 3.63. The predicted molar refractivity (Wildman–Crippen MR) is 65.4 cm³/mol. The third-order valence-electron chi connectivity index (χ3n) is 3.26. The van der Waals surface area contributed by atoms with E-state index in [0.29, 0.717) is 6.10 Å². The van der Waals surface area contributed by atoms with E-state index in [0.717, 1.165) is 13.2 Å².